The molecule has 0 saturated carbocycles. The summed E-state index contributed by atoms with van der Waals surface area (Å²) in [5.41, 5.74) is 0.955. The van der Waals surface area contributed by atoms with Crippen LogP contribution in [0.1, 0.15) is 49.3 Å². The van der Waals surface area contributed by atoms with Crippen molar-refractivity contribution in [1.82, 2.24) is 4.98 Å². The molecule has 0 aliphatic carbocycles. The summed E-state index contributed by atoms with van der Waals surface area (Å²) in [6.07, 6.45) is 1.21. The minimum atomic E-state index is -0.723. The van der Waals surface area contributed by atoms with E-state index in [-0.39, 0.29) is 23.8 Å². The molecule has 0 fully saturated rings. The number of rotatable bonds is 5. The number of halogens is 2. The Balaban J connectivity index is 2.39. The highest BCUT2D eigenvalue weighted by Gasteiger charge is 2.24. The quantitative estimate of drug-likeness (QED) is 0.638. The number of benzene rings is 1. The number of aromatic nitrogens is 1. The number of amides is 1. The molecule has 0 spiro atoms. The van der Waals surface area contributed by atoms with Crippen LogP contribution >= 0.6 is 15.9 Å². The van der Waals surface area contributed by atoms with Gasteiger partial charge < -0.3 is 9.47 Å². The maximum atomic E-state index is 13.1. The van der Waals surface area contributed by atoms with E-state index in [9.17, 15) is 14.0 Å². The third-order valence-corrected chi connectivity index (χ3v) is 4.40. The molecular formula is C20H22BrFN2O4. The second-order valence-corrected chi connectivity index (χ2v) is 7.76. The van der Waals surface area contributed by atoms with Gasteiger partial charge in [-0.1, -0.05) is 12.1 Å². The molecule has 1 aromatic heterocycles. The molecular weight excluding hydrogens is 431 g/mol. The molecule has 1 amide bonds. The first kappa shape index (κ1) is 21.8. The molecule has 6 nitrogen and oxygen atoms in total. The third-order valence-electron chi connectivity index (χ3n) is 3.49. The molecule has 0 saturated heterocycles. The van der Waals surface area contributed by atoms with Crippen molar-refractivity contribution in [3.05, 3.63) is 57.6 Å². The number of anilines is 1. The van der Waals surface area contributed by atoms with Crippen LogP contribution in [0.15, 0.2) is 34.9 Å². The molecule has 0 radical (unpaired) electrons. The Bertz CT molecular complexity index is 864. The molecule has 0 bridgehead atoms. The fraction of sp³-hybridized carbons (Fsp3) is 0.350. The molecule has 0 aliphatic heterocycles. The summed E-state index contributed by atoms with van der Waals surface area (Å²) in [6, 6.07) is 6.04. The van der Waals surface area contributed by atoms with Crippen LogP contribution in [-0.2, 0) is 15.9 Å². The number of pyridine rings is 1. The lowest BCUT2D eigenvalue weighted by molar-refractivity contribution is 0.0520. The lowest BCUT2D eigenvalue weighted by Gasteiger charge is -2.21. The molecule has 2 rings (SSSR count). The predicted molar refractivity (Wildman–Crippen MR) is 107 cm³/mol. The van der Waals surface area contributed by atoms with Gasteiger partial charge in [0.1, 0.15) is 11.4 Å². The van der Waals surface area contributed by atoms with Crippen LogP contribution in [0.5, 0.6) is 0 Å². The van der Waals surface area contributed by atoms with Gasteiger partial charge in [-0.05, 0) is 66.9 Å². The average molecular weight is 453 g/mol. The summed E-state index contributed by atoms with van der Waals surface area (Å²) >= 11 is 3.44. The minimum absolute atomic E-state index is 0.0394. The summed E-state index contributed by atoms with van der Waals surface area (Å²) < 4.78 is 23.9. The van der Waals surface area contributed by atoms with Gasteiger partial charge in [-0.25, -0.2) is 19.0 Å². The minimum Gasteiger partial charge on any atom is -0.461 e. The largest absolute Gasteiger partial charge is 0.461 e. The molecule has 0 atom stereocenters. The summed E-state index contributed by atoms with van der Waals surface area (Å²) in [4.78, 5) is 28.7. The van der Waals surface area contributed by atoms with Gasteiger partial charge >= 0.3 is 12.1 Å². The van der Waals surface area contributed by atoms with Crippen LogP contribution in [-0.4, -0.2) is 29.3 Å². The number of carbonyl (C=O) groups excluding carboxylic acids is 2. The molecule has 8 heteroatoms. The molecule has 1 N–H and O–H groups in total. The number of esters is 1. The van der Waals surface area contributed by atoms with Crippen LogP contribution in [0.25, 0.3) is 0 Å². The van der Waals surface area contributed by atoms with Gasteiger partial charge in [0.2, 0.25) is 0 Å². The van der Waals surface area contributed by atoms with Gasteiger partial charge in [0.25, 0.3) is 0 Å². The summed E-state index contributed by atoms with van der Waals surface area (Å²) in [7, 11) is 0. The smallest absolute Gasteiger partial charge is 0.412 e. The highest BCUT2D eigenvalue weighted by Crippen LogP contribution is 2.31. The second-order valence-electron chi connectivity index (χ2n) is 6.97. The molecule has 1 heterocycles. The molecule has 150 valence electrons. The van der Waals surface area contributed by atoms with E-state index < -0.39 is 17.7 Å². The maximum absolute atomic E-state index is 13.1. The third kappa shape index (κ3) is 6.02. The molecule has 1 aromatic carbocycles. The first-order valence-electron chi connectivity index (χ1n) is 8.69. The van der Waals surface area contributed by atoms with E-state index in [1.54, 1.807) is 39.8 Å². The number of nitrogens with zero attached hydrogens (tertiary/aromatic N) is 1. The van der Waals surface area contributed by atoms with Crippen LogP contribution in [0.3, 0.4) is 0 Å². The zero-order valence-corrected chi connectivity index (χ0v) is 17.7. The SMILES string of the molecule is CCOC(=O)c1ncc(Cc2ccc(F)cc2)c(Br)c1NC(=O)OC(C)(C)C. The highest BCUT2D eigenvalue weighted by molar-refractivity contribution is 9.10. The van der Waals surface area contributed by atoms with Gasteiger partial charge in [-0.2, -0.15) is 0 Å². The van der Waals surface area contributed by atoms with Gasteiger partial charge in [-0.3, -0.25) is 5.32 Å². The lowest BCUT2D eigenvalue weighted by atomic mass is 10.1. The standard InChI is InChI=1S/C20H22BrFN2O4/c1-5-27-18(25)17-16(24-19(26)28-20(2,3)4)15(21)13(11-23-17)10-12-6-8-14(22)9-7-12/h6-9,11H,5,10H2,1-4H3,(H,24,26). The summed E-state index contributed by atoms with van der Waals surface area (Å²) in [5, 5.41) is 2.58. The first-order chi connectivity index (χ1) is 13.1. The molecule has 2 aromatic rings. The Hall–Kier alpha value is -2.48. The van der Waals surface area contributed by atoms with Crippen molar-refractivity contribution in [2.24, 2.45) is 0 Å². The summed E-state index contributed by atoms with van der Waals surface area (Å²) in [5.74, 6) is -0.992. The van der Waals surface area contributed by atoms with Crippen LogP contribution in [0, 0.1) is 5.82 Å². The highest BCUT2D eigenvalue weighted by atomic mass is 79.9. The fourth-order valence-electron chi connectivity index (χ4n) is 2.35. The van der Waals surface area contributed by atoms with Crippen LogP contribution in [0.2, 0.25) is 0 Å². The van der Waals surface area contributed by atoms with Gasteiger partial charge in [0, 0.05) is 17.1 Å². The van der Waals surface area contributed by atoms with Crippen molar-refractivity contribution < 1.29 is 23.5 Å². The number of hydrogen-bond donors (Lipinski definition) is 1. The molecule has 28 heavy (non-hydrogen) atoms. The number of nitrogens with one attached hydrogen (secondary N) is 1. The maximum Gasteiger partial charge on any atom is 0.412 e. The predicted octanol–water partition coefficient (Wildman–Crippen LogP) is 5.10. The van der Waals surface area contributed by atoms with Crippen molar-refractivity contribution in [1.29, 1.82) is 0 Å². The van der Waals surface area contributed by atoms with E-state index in [1.807, 2.05) is 0 Å². The number of carbonyl (C=O) groups is 2. The van der Waals surface area contributed by atoms with Crippen molar-refractivity contribution in [2.45, 2.75) is 39.7 Å². The zero-order chi connectivity index (χ0) is 20.9. The number of hydrogen-bond acceptors (Lipinski definition) is 5. The Morgan fingerprint density at radius 1 is 1.21 bits per heavy atom. The van der Waals surface area contributed by atoms with Gasteiger partial charge in [-0.15, -0.1) is 0 Å². The van der Waals surface area contributed by atoms with Crippen molar-refractivity contribution in [3.8, 4) is 0 Å². The second kappa shape index (κ2) is 9.14. The van der Waals surface area contributed by atoms with Crippen LogP contribution in [0.4, 0.5) is 14.9 Å². The van der Waals surface area contributed by atoms with E-state index >= 15 is 0 Å². The Labute approximate surface area is 171 Å². The molecule has 0 aliphatic rings. The van der Waals surface area contributed by atoms with Crippen LogP contribution < -0.4 is 5.32 Å². The Morgan fingerprint density at radius 3 is 2.43 bits per heavy atom. The summed E-state index contributed by atoms with van der Waals surface area (Å²) in [6.45, 7) is 7.05. The lowest BCUT2D eigenvalue weighted by Crippen LogP contribution is -2.28. The normalized spacial score (nSPS) is 11.1. The Morgan fingerprint density at radius 2 is 1.86 bits per heavy atom. The van der Waals surface area contributed by atoms with E-state index in [2.05, 4.69) is 26.2 Å². The van der Waals surface area contributed by atoms with E-state index in [1.165, 1.54) is 18.3 Å². The van der Waals surface area contributed by atoms with Gasteiger partial charge in [0.15, 0.2) is 5.69 Å². The van der Waals surface area contributed by atoms with Crippen molar-refractivity contribution >= 4 is 33.7 Å². The monoisotopic (exact) mass is 452 g/mol. The van der Waals surface area contributed by atoms with Crippen molar-refractivity contribution in [2.75, 3.05) is 11.9 Å². The fourth-order valence-corrected chi connectivity index (χ4v) is 2.88. The van der Waals surface area contributed by atoms with E-state index in [0.717, 1.165) is 5.56 Å². The van der Waals surface area contributed by atoms with Gasteiger partial charge in [0.05, 0.1) is 12.3 Å². The number of ether oxygens (including phenoxy) is 2. The molecule has 0 unspecified atom stereocenters. The average Bonchev–Trinajstić information content (AvgIpc) is 2.59. The van der Waals surface area contributed by atoms with Crippen molar-refractivity contribution in [3.63, 3.8) is 0 Å². The zero-order valence-electron chi connectivity index (χ0n) is 16.1. The van der Waals surface area contributed by atoms with E-state index in [0.29, 0.717) is 16.5 Å². The Kier molecular flexibility index (Phi) is 7.12. The topological polar surface area (TPSA) is 77.5 Å². The first-order valence-corrected chi connectivity index (χ1v) is 9.49. The van der Waals surface area contributed by atoms with E-state index in [4.69, 9.17) is 9.47 Å².